The van der Waals surface area contributed by atoms with Crippen molar-refractivity contribution in [2.45, 2.75) is 6.10 Å². The van der Waals surface area contributed by atoms with Gasteiger partial charge in [-0.2, -0.15) is 0 Å². The highest BCUT2D eigenvalue weighted by Gasteiger charge is 2.18. The number of rotatable bonds is 5. The van der Waals surface area contributed by atoms with Gasteiger partial charge in [0.1, 0.15) is 12.4 Å². The van der Waals surface area contributed by atoms with Crippen LogP contribution in [0.3, 0.4) is 0 Å². The van der Waals surface area contributed by atoms with Crippen molar-refractivity contribution in [2.24, 2.45) is 0 Å². The maximum absolute atomic E-state index is 12.0. The lowest BCUT2D eigenvalue weighted by molar-refractivity contribution is -0.118. The normalized spacial score (nSPS) is 14.8. The zero-order valence-electron chi connectivity index (χ0n) is 11.1. The van der Waals surface area contributed by atoms with Crippen LogP contribution in [-0.2, 0) is 9.53 Å². The van der Waals surface area contributed by atoms with Gasteiger partial charge < -0.3 is 19.9 Å². The molecule has 1 aromatic carbocycles. The van der Waals surface area contributed by atoms with Crippen LogP contribution in [0.4, 0.5) is 0 Å². The first kappa shape index (κ1) is 15.0. The molecule has 20 heavy (non-hydrogen) atoms. The maximum Gasteiger partial charge on any atom is 0.250 e. The third-order valence-corrected chi connectivity index (χ3v) is 3.33. The molecular weight excluding hydrogens is 326 g/mol. The molecule has 108 valence electrons. The van der Waals surface area contributed by atoms with Crippen molar-refractivity contribution in [3.63, 3.8) is 0 Å². The number of hydrogen-bond donors (Lipinski definition) is 2. The molecule has 1 aliphatic rings. The zero-order chi connectivity index (χ0) is 14.5. The number of methoxy groups -OCH3 is 1. The Labute approximate surface area is 125 Å². The van der Waals surface area contributed by atoms with E-state index in [2.05, 4.69) is 21.2 Å². The highest BCUT2D eigenvalue weighted by atomic mass is 79.9. The fraction of sp³-hybridized carbons (Fsp3) is 0.357. The molecular formula is C14H16BrNO4. The number of amides is 1. The van der Waals surface area contributed by atoms with Crippen molar-refractivity contribution in [3.8, 4) is 5.75 Å². The summed E-state index contributed by atoms with van der Waals surface area (Å²) in [6.07, 6.45) is 1.08. The number of ether oxygens (including phenoxy) is 2. The zero-order valence-corrected chi connectivity index (χ0v) is 12.6. The summed E-state index contributed by atoms with van der Waals surface area (Å²) in [6, 6.07) is 5.63. The largest absolute Gasteiger partial charge is 0.488 e. The van der Waals surface area contributed by atoms with E-state index in [1.54, 1.807) is 6.08 Å². The number of carbonyl (C=O) groups is 1. The van der Waals surface area contributed by atoms with E-state index in [9.17, 15) is 9.90 Å². The van der Waals surface area contributed by atoms with Gasteiger partial charge in [0.05, 0.1) is 18.3 Å². The molecule has 0 spiro atoms. The summed E-state index contributed by atoms with van der Waals surface area (Å²) in [5.74, 6) is 0.509. The van der Waals surface area contributed by atoms with Gasteiger partial charge >= 0.3 is 0 Å². The van der Waals surface area contributed by atoms with Crippen LogP contribution in [0.2, 0.25) is 0 Å². The summed E-state index contributed by atoms with van der Waals surface area (Å²) in [7, 11) is 1.50. The average Bonchev–Trinajstić information content (AvgIpc) is 2.44. The van der Waals surface area contributed by atoms with E-state index >= 15 is 0 Å². The second kappa shape index (κ2) is 6.88. The highest BCUT2D eigenvalue weighted by molar-refractivity contribution is 9.10. The lowest BCUT2D eigenvalue weighted by atomic mass is 10.1. The molecule has 1 aliphatic heterocycles. The fourth-order valence-electron chi connectivity index (χ4n) is 1.85. The van der Waals surface area contributed by atoms with Gasteiger partial charge in [-0.25, -0.2) is 0 Å². The van der Waals surface area contributed by atoms with Gasteiger partial charge in [-0.3, -0.25) is 4.79 Å². The van der Waals surface area contributed by atoms with Crippen molar-refractivity contribution in [2.75, 3.05) is 26.9 Å². The molecule has 0 saturated heterocycles. The molecule has 0 aromatic heterocycles. The van der Waals surface area contributed by atoms with Crippen LogP contribution in [0, 0.1) is 0 Å². The monoisotopic (exact) mass is 341 g/mol. The Bertz CT molecular complexity index is 530. The van der Waals surface area contributed by atoms with E-state index in [4.69, 9.17) is 9.47 Å². The molecule has 1 atom stereocenters. The second-order valence-corrected chi connectivity index (χ2v) is 5.38. The molecule has 0 fully saturated rings. The number of aliphatic hydroxyl groups is 1. The summed E-state index contributed by atoms with van der Waals surface area (Å²) < 4.78 is 11.2. The Morgan fingerprint density at radius 3 is 3.15 bits per heavy atom. The van der Waals surface area contributed by atoms with Gasteiger partial charge in [0, 0.05) is 23.7 Å². The summed E-state index contributed by atoms with van der Waals surface area (Å²) in [5.41, 5.74) is 1.38. The van der Waals surface area contributed by atoms with Crippen molar-refractivity contribution in [1.82, 2.24) is 5.32 Å². The van der Waals surface area contributed by atoms with Crippen LogP contribution in [0.15, 0.2) is 28.2 Å². The van der Waals surface area contributed by atoms with Crippen molar-refractivity contribution in [1.29, 1.82) is 0 Å². The van der Waals surface area contributed by atoms with Crippen LogP contribution in [0.1, 0.15) is 5.56 Å². The third kappa shape index (κ3) is 3.82. The summed E-state index contributed by atoms with van der Waals surface area (Å²) in [4.78, 5) is 12.0. The van der Waals surface area contributed by atoms with E-state index in [-0.39, 0.29) is 25.7 Å². The van der Waals surface area contributed by atoms with E-state index in [1.807, 2.05) is 18.2 Å². The Kier molecular flexibility index (Phi) is 5.17. The van der Waals surface area contributed by atoms with Crippen molar-refractivity contribution in [3.05, 3.63) is 33.8 Å². The predicted molar refractivity (Wildman–Crippen MR) is 78.5 cm³/mol. The molecule has 2 rings (SSSR count). The minimum absolute atomic E-state index is 0.148. The van der Waals surface area contributed by atoms with E-state index in [0.29, 0.717) is 5.57 Å². The van der Waals surface area contributed by atoms with Crippen LogP contribution < -0.4 is 10.1 Å². The molecule has 1 unspecified atom stereocenters. The Hall–Kier alpha value is -1.37. The molecule has 0 saturated carbocycles. The standard InChI is InChI=1S/C14H16BrNO4/c1-19-8-12(17)6-16-14(18)10-4-9-5-11(15)2-3-13(9)20-7-10/h2-5,12,17H,6-8H2,1H3,(H,16,18). The molecule has 1 heterocycles. The van der Waals surface area contributed by atoms with E-state index in [1.165, 1.54) is 7.11 Å². The first-order chi connectivity index (χ1) is 9.60. The highest BCUT2D eigenvalue weighted by Crippen LogP contribution is 2.29. The number of nitrogens with one attached hydrogen (secondary N) is 1. The first-order valence-corrected chi connectivity index (χ1v) is 6.97. The maximum atomic E-state index is 12.0. The fourth-order valence-corrected chi connectivity index (χ4v) is 2.23. The summed E-state index contributed by atoms with van der Waals surface area (Å²) in [6.45, 7) is 0.557. The number of benzene rings is 1. The Morgan fingerprint density at radius 2 is 2.40 bits per heavy atom. The second-order valence-electron chi connectivity index (χ2n) is 4.46. The Balaban J connectivity index is 2.01. The van der Waals surface area contributed by atoms with Crippen LogP contribution in [0.25, 0.3) is 6.08 Å². The minimum Gasteiger partial charge on any atom is -0.488 e. The van der Waals surface area contributed by atoms with Gasteiger partial charge in [0.25, 0.3) is 5.91 Å². The quantitative estimate of drug-likeness (QED) is 0.848. The van der Waals surface area contributed by atoms with Gasteiger partial charge in [0.2, 0.25) is 0 Å². The third-order valence-electron chi connectivity index (χ3n) is 2.83. The molecule has 2 N–H and O–H groups in total. The average molecular weight is 342 g/mol. The number of carbonyl (C=O) groups excluding carboxylic acids is 1. The molecule has 5 nitrogen and oxygen atoms in total. The van der Waals surface area contributed by atoms with Gasteiger partial charge in [-0.1, -0.05) is 15.9 Å². The van der Waals surface area contributed by atoms with Gasteiger partial charge in [-0.05, 0) is 24.3 Å². The lowest BCUT2D eigenvalue weighted by Gasteiger charge is -2.18. The van der Waals surface area contributed by atoms with Crippen LogP contribution >= 0.6 is 15.9 Å². The number of fused-ring (bicyclic) bond motifs is 1. The smallest absolute Gasteiger partial charge is 0.250 e. The Morgan fingerprint density at radius 1 is 1.60 bits per heavy atom. The lowest BCUT2D eigenvalue weighted by Crippen LogP contribution is -2.36. The SMILES string of the molecule is COCC(O)CNC(=O)C1=Cc2cc(Br)ccc2OC1. The van der Waals surface area contributed by atoms with Gasteiger partial charge in [-0.15, -0.1) is 0 Å². The van der Waals surface area contributed by atoms with Crippen LogP contribution in [-0.4, -0.2) is 44.0 Å². The number of aliphatic hydroxyl groups excluding tert-OH is 1. The van der Waals surface area contributed by atoms with E-state index in [0.717, 1.165) is 15.8 Å². The first-order valence-electron chi connectivity index (χ1n) is 6.18. The van der Waals surface area contributed by atoms with Crippen molar-refractivity contribution >= 4 is 27.9 Å². The predicted octanol–water partition coefficient (Wildman–Crippen LogP) is 1.35. The number of hydrogen-bond acceptors (Lipinski definition) is 4. The topological polar surface area (TPSA) is 67.8 Å². The molecule has 6 heteroatoms. The molecule has 1 amide bonds. The summed E-state index contributed by atoms with van der Waals surface area (Å²) in [5, 5.41) is 12.1. The molecule has 0 radical (unpaired) electrons. The molecule has 0 aliphatic carbocycles. The summed E-state index contributed by atoms with van der Waals surface area (Å²) >= 11 is 3.38. The van der Waals surface area contributed by atoms with Gasteiger partial charge in [0.15, 0.2) is 0 Å². The number of halogens is 1. The van der Waals surface area contributed by atoms with Crippen LogP contribution in [0.5, 0.6) is 5.75 Å². The van der Waals surface area contributed by atoms with Crippen molar-refractivity contribution < 1.29 is 19.4 Å². The van der Waals surface area contributed by atoms with E-state index < -0.39 is 6.10 Å². The molecule has 0 bridgehead atoms. The minimum atomic E-state index is -0.713. The molecule has 1 aromatic rings.